The van der Waals surface area contributed by atoms with Crippen LogP contribution in [0.1, 0.15) is 17.2 Å². The first kappa shape index (κ1) is 16.0. The van der Waals surface area contributed by atoms with Crippen LogP contribution in [0.25, 0.3) is 0 Å². The van der Waals surface area contributed by atoms with Crippen molar-refractivity contribution in [3.05, 3.63) is 62.6 Å². The molecule has 3 N–H and O–H groups in total. The van der Waals surface area contributed by atoms with Crippen LogP contribution in [0.2, 0.25) is 15.1 Å². The van der Waals surface area contributed by atoms with Gasteiger partial charge in [0, 0.05) is 16.3 Å². The predicted octanol–water partition coefficient (Wildman–Crippen LogP) is 4.59. The Morgan fingerprint density at radius 2 is 1.71 bits per heavy atom. The van der Waals surface area contributed by atoms with Crippen molar-refractivity contribution in [2.24, 2.45) is 5.73 Å². The van der Waals surface area contributed by atoms with Gasteiger partial charge in [-0.05, 0) is 30.7 Å². The molecule has 0 aliphatic rings. The molecule has 21 heavy (non-hydrogen) atoms. The van der Waals surface area contributed by atoms with E-state index in [1.807, 2.05) is 31.2 Å². The fraction of sp³-hybridized carbons (Fsp3) is 0.133. The van der Waals surface area contributed by atoms with Gasteiger partial charge in [-0.25, -0.2) is 0 Å². The molecular weight excluding hydrogens is 331 g/mol. The third-order valence-electron chi connectivity index (χ3n) is 3.10. The Kier molecular flexibility index (Phi) is 4.99. The number of anilines is 1. The van der Waals surface area contributed by atoms with Crippen LogP contribution in [0.15, 0.2) is 36.4 Å². The summed E-state index contributed by atoms with van der Waals surface area (Å²) in [5.74, 6) is -0.593. The monoisotopic (exact) mass is 342 g/mol. The van der Waals surface area contributed by atoms with E-state index in [2.05, 4.69) is 5.32 Å². The van der Waals surface area contributed by atoms with E-state index in [1.54, 1.807) is 12.1 Å². The van der Waals surface area contributed by atoms with E-state index < -0.39 is 11.9 Å². The standard InChI is InChI=1S/C15H13Cl3N2O/c1-8-4-2-3-5-11(8)20-14(15(19)21)12-9(16)6-7-10(17)13(12)18/h2-7,14,20H,1H3,(H2,19,21). The SMILES string of the molecule is Cc1ccccc1NC(C(N)=O)c1c(Cl)ccc(Cl)c1Cl. The summed E-state index contributed by atoms with van der Waals surface area (Å²) < 4.78 is 0. The molecule has 0 radical (unpaired) electrons. The van der Waals surface area contributed by atoms with E-state index in [-0.39, 0.29) is 5.02 Å². The zero-order valence-electron chi connectivity index (χ0n) is 11.2. The maximum absolute atomic E-state index is 11.8. The first-order valence-corrected chi connectivity index (χ1v) is 7.30. The molecule has 0 saturated carbocycles. The Hall–Kier alpha value is -1.42. The molecule has 0 heterocycles. The molecule has 2 aromatic carbocycles. The number of benzene rings is 2. The minimum atomic E-state index is -0.871. The van der Waals surface area contributed by atoms with Crippen molar-refractivity contribution in [2.45, 2.75) is 13.0 Å². The lowest BCUT2D eigenvalue weighted by Crippen LogP contribution is -2.28. The molecule has 0 spiro atoms. The molecule has 1 unspecified atom stereocenters. The first-order chi connectivity index (χ1) is 9.91. The highest BCUT2D eigenvalue weighted by Gasteiger charge is 2.25. The van der Waals surface area contributed by atoms with Gasteiger partial charge in [-0.1, -0.05) is 53.0 Å². The van der Waals surface area contributed by atoms with Gasteiger partial charge >= 0.3 is 0 Å². The second-order valence-corrected chi connectivity index (χ2v) is 5.74. The molecule has 0 fully saturated rings. The van der Waals surface area contributed by atoms with Gasteiger partial charge in [0.1, 0.15) is 6.04 Å². The molecule has 3 nitrogen and oxygen atoms in total. The number of nitrogens with two attached hydrogens (primary N) is 1. The highest BCUT2D eigenvalue weighted by atomic mass is 35.5. The summed E-state index contributed by atoms with van der Waals surface area (Å²) in [5.41, 5.74) is 7.61. The van der Waals surface area contributed by atoms with Crippen LogP contribution in [0.4, 0.5) is 5.69 Å². The van der Waals surface area contributed by atoms with Crippen molar-refractivity contribution in [1.82, 2.24) is 0 Å². The molecule has 0 saturated heterocycles. The highest BCUT2D eigenvalue weighted by molar-refractivity contribution is 6.44. The van der Waals surface area contributed by atoms with Crippen molar-refractivity contribution < 1.29 is 4.79 Å². The fourth-order valence-electron chi connectivity index (χ4n) is 1.98. The lowest BCUT2D eigenvalue weighted by atomic mass is 10.0. The number of nitrogens with one attached hydrogen (secondary N) is 1. The summed E-state index contributed by atoms with van der Waals surface area (Å²) in [4.78, 5) is 11.8. The average Bonchev–Trinajstić information content (AvgIpc) is 2.44. The number of halogens is 3. The summed E-state index contributed by atoms with van der Waals surface area (Å²) in [5, 5.41) is 3.93. The van der Waals surface area contributed by atoms with Crippen molar-refractivity contribution in [3.63, 3.8) is 0 Å². The molecule has 1 amide bonds. The van der Waals surface area contributed by atoms with Gasteiger partial charge < -0.3 is 11.1 Å². The van der Waals surface area contributed by atoms with Gasteiger partial charge in [-0.2, -0.15) is 0 Å². The molecular formula is C15H13Cl3N2O. The average molecular weight is 344 g/mol. The summed E-state index contributed by atoms with van der Waals surface area (Å²) in [6.07, 6.45) is 0. The third kappa shape index (κ3) is 3.43. The van der Waals surface area contributed by atoms with E-state index in [0.29, 0.717) is 15.6 Å². The van der Waals surface area contributed by atoms with Gasteiger partial charge in [-0.3, -0.25) is 4.79 Å². The van der Waals surface area contributed by atoms with Crippen LogP contribution < -0.4 is 11.1 Å². The zero-order valence-corrected chi connectivity index (χ0v) is 13.4. The minimum absolute atomic E-state index is 0.217. The molecule has 2 rings (SSSR count). The number of aryl methyl sites for hydroxylation is 1. The second kappa shape index (κ2) is 6.56. The highest BCUT2D eigenvalue weighted by Crippen LogP contribution is 2.37. The van der Waals surface area contributed by atoms with Crippen LogP contribution in [0.3, 0.4) is 0 Å². The molecule has 0 aliphatic heterocycles. The number of para-hydroxylation sites is 1. The Bertz CT molecular complexity index is 689. The van der Waals surface area contributed by atoms with E-state index in [4.69, 9.17) is 40.5 Å². The van der Waals surface area contributed by atoms with E-state index in [0.717, 1.165) is 11.3 Å². The van der Waals surface area contributed by atoms with Gasteiger partial charge in [0.25, 0.3) is 0 Å². The Labute approximate surface area is 138 Å². The largest absolute Gasteiger partial charge is 0.370 e. The number of hydrogen-bond acceptors (Lipinski definition) is 2. The Morgan fingerprint density at radius 3 is 2.33 bits per heavy atom. The topological polar surface area (TPSA) is 55.1 Å². The van der Waals surface area contributed by atoms with E-state index in [1.165, 1.54) is 0 Å². The molecule has 110 valence electrons. The molecule has 0 bridgehead atoms. The number of amides is 1. The van der Waals surface area contributed by atoms with Crippen molar-refractivity contribution in [1.29, 1.82) is 0 Å². The van der Waals surface area contributed by atoms with Gasteiger partial charge in [0.05, 0.1) is 10.0 Å². The maximum atomic E-state index is 11.8. The lowest BCUT2D eigenvalue weighted by molar-refractivity contribution is -0.118. The third-order valence-corrected chi connectivity index (χ3v) is 4.25. The molecule has 2 aromatic rings. The molecule has 0 aliphatic carbocycles. The van der Waals surface area contributed by atoms with Crippen molar-refractivity contribution >= 4 is 46.4 Å². The summed E-state index contributed by atoms with van der Waals surface area (Å²) in [6.45, 7) is 1.92. The van der Waals surface area contributed by atoms with Crippen molar-refractivity contribution in [2.75, 3.05) is 5.32 Å². The van der Waals surface area contributed by atoms with Crippen LogP contribution in [-0.2, 0) is 4.79 Å². The van der Waals surface area contributed by atoms with Gasteiger partial charge in [0.15, 0.2) is 0 Å². The normalized spacial score (nSPS) is 12.0. The first-order valence-electron chi connectivity index (χ1n) is 6.16. The van der Waals surface area contributed by atoms with Gasteiger partial charge in [-0.15, -0.1) is 0 Å². The molecule has 1 atom stereocenters. The van der Waals surface area contributed by atoms with Crippen LogP contribution in [0, 0.1) is 6.92 Å². The maximum Gasteiger partial charge on any atom is 0.244 e. The number of primary amides is 1. The number of carbonyl (C=O) groups is 1. The zero-order chi connectivity index (χ0) is 15.6. The summed E-state index contributed by atoms with van der Waals surface area (Å²) >= 11 is 18.3. The number of carbonyl (C=O) groups excluding carboxylic acids is 1. The quantitative estimate of drug-likeness (QED) is 0.797. The summed E-state index contributed by atoms with van der Waals surface area (Å²) in [6, 6.07) is 9.81. The van der Waals surface area contributed by atoms with E-state index in [9.17, 15) is 4.79 Å². The smallest absolute Gasteiger partial charge is 0.244 e. The van der Waals surface area contributed by atoms with E-state index >= 15 is 0 Å². The minimum Gasteiger partial charge on any atom is -0.370 e. The Morgan fingerprint density at radius 1 is 1.10 bits per heavy atom. The van der Waals surface area contributed by atoms with Gasteiger partial charge in [0.2, 0.25) is 5.91 Å². The predicted molar refractivity (Wildman–Crippen MR) is 88.2 cm³/mol. The summed E-state index contributed by atoms with van der Waals surface area (Å²) in [7, 11) is 0. The number of hydrogen-bond donors (Lipinski definition) is 2. The lowest BCUT2D eigenvalue weighted by Gasteiger charge is -2.21. The number of rotatable bonds is 4. The Balaban J connectivity index is 2.49. The van der Waals surface area contributed by atoms with Crippen LogP contribution in [-0.4, -0.2) is 5.91 Å². The second-order valence-electron chi connectivity index (χ2n) is 4.55. The fourth-order valence-corrected chi connectivity index (χ4v) is 2.74. The molecule has 6 heteroatoms. The van der Waals surface area contributed by atoms with Crippen molar-refractivity contribution in [3.8, 4) is 0 Å². The van der Waals surface area contributed by atoms with Crippen LogP contribution >= 0.6 is 34.8 Å². The molecule has 0 aromatic heterocycles. The van der Waals surface area contributed by atoms with Crippen LogP contribution in [0.5, 0.6) is 0 Å².